The Bertz CT molecular complexity index is 1840. The van der Waals surface area contributed by atoms with Gasteiger partial charge in [0.1, 0.15) is 24.4 Å². The van der Waals surface area contributed by atoms with Gasteiger partial charge in [-0.25, -0.2) is 0 Å². The molecule has 87 heavy (non-hydrogen) atoms. The molecule has 7 atom stereocenters. The molecule has 1 rings (SSSR count). The highest BCUT2D eigenvalue weighted by molar-refractivity contribution is 5.76. The van der Waals surface area contributed by atoms with Crippen molar-refractivity contribution in [3.05, 3.63) is 134 Å². The first kappa shape index (κ1) is 81.3. The molecule has 498 valence electrons. The van der Waals surface area contributed by atoms with Gasteiger partial charge in [-0.3, -0.25) is 4.79 Å². The summed E-state index contributed by atoms with van der Waals surface area (Å²) in [5.74, 6) is -0.190. The summed E-state index contributed by atoms with van der Waals surface area (Å²) < 4.78 is 11.3. The van der Waals surface area contributed by atoms with E-state index in [1.165, 1.54) is 180 Å². The summed E-state index contributed by atoms with van der Waals surface area (Å²) in [5.41, 5.74) is 0. The van der Waals surface area contributed by atoms with Gasteiger partial charge in [0.25, 0.3) is 0 Å². The summed E-state index contributed by atoms with van der Waals surface area (Å²) in [6, 6.07) is -0.832. The lowest BCUT2D eigenvalue weighted by atomic mass is 9.99. The second-order valence-electron chi connectivity index (χ2n) is 24.3. The van der Waals surface area contributed by atoms with Crippen LogP contribution in [0.5, 0.6) is 0 Å². The van der Waals surface area contributed by atoms with E-state index in [1.54, 1.807) is 6.08 Å². The van der Waals surface area contributed by atoms with E-state index in [0.29, 0.717) is 6.42 Å². The van der Waals surface area contributed by atoms with Gasteiger partial charge in [0.15, 0.2) is 6.29 Å². The molecule has 9 heteroatoms. The maximum Gasteiger partial charge on any atom is 0.220 e. The molecule has 0 bridgehead atoms. The van der Waals surface area contributed by atoms with Crippen LogP contribution in [0.15, 0.2) is 134 Å². The van der Waals surface area contributed by atoms with E-state index in [0.717, 1.165) is 96.3 Å². The van der Waals surface area contributed by atoms with Gasteiger partial charge in [-0.2, -0.15) is 0 Å². The van der Waals surface area contributed by atoms with E-state index >= 15 is 0 Å². The van der Waals surface area contributed by atoms with Gasteiger partial charge in [-0.05, 0) is 103 Å². The molecule has 0 spiro atoms. The molecule has 1 heterocycles. The molecular weight excluding hydrogens is 1080 g/mol. The summed E-state index contributed by atoms with van der Waals surface area (Å²) in [4.78, 5) is 13.1. The Balaban J connectivity index is 2.14. The van der Waals surface area contributed by atoms with E-state index in [2.05, 4.69) is 141 Å². The summed E-state index contributed by atoms with van der Waals surface area (Å²) in [6.45, 7) is 3.67. The summed E-state index contributed by atoms with van der Waals surface area (Å²) >= 11 is 0. The number of amides is 1. The summed E-state index contributed by atoms with van der Waals surface area (Å²) in [6.07, 6.45) is 92.7. The van der Waals surface area contributed by atoms with Crippen molar-refractivity contribution in [2.24, 2.45) is 0 Å². The Morgan fingerprint density at radius 3 is 1.10 bits per heavy atom. The first-order chi connectivity index (χ1) is 42.8. The minimum atomic E-state index is -1.58. The summed E-state index contributed by atoms with van der Waals surface area (Å²) in [5, 5.41) is 54.7. The maximum absolute atomic E-state index is 13.1. The van der Waals surface area contributed by atoms with Gasteiger partial charge in [-0.15, -0.1) is 0 Å². The van der Waals surface area contributed by atoms with Crippen LogP contribution in [-0.2, 0) is 14.3 Å². The molecule has 0 aliphatic carbocycles. The van der Waals surface area contributed by atoms with Crippen LogP contribution in [0.2, 0.25) is 0 Å². The van der Waals surface area contributed by atoms with E-state index < -0.39 is 49.5 Å². The maximum atomic E-state index is 13.1. The van der Waals surface area contributed by atoms with Crippen molar-refractivity contribution in [3.8, 4) is 0 Å². The molecule has 0 radical (unpaired) electrons. The van der Waals surface area contributed by atoms with Crippen LogP contribution >= 0.6 is 0 Å². The smallest absolute Gasteiger partial charge is 0.220 e. The molecule has 0 saturated carbocycles. The predicted molar refractivity (Wildman–Crippen MR) is 373 cm³/mol. The van der Waals surface area contributed by atoms with Crippen molar-refractivity contribution in [1.82, 2.24) is 5.32 Å². The first-order valence-electron chi connectivity index (χ1n) is 35.9. The third kappa shape index (κ3) is 53.8. The molecule has 7 unspecified atom stereocenters. The number of hydrogen-bond donors (Lipinski definition) is 6. The molecule has 0 aromatic rings. The standard InChI is InChI=1S/C78H133NO8/c1-3-5-7-9-11-13-15-17-19-21-23-25-27-28-29-30-31-32-33-34-35-36-37-38-39-40-41-42-43-44-46-48-50-52-54-56-58-60-62-64-66-68-74(82)79-71(70-86-78-77(85)76(84)75(83)73(69-80)87-78)72(81)67-65-63-61-59-57-55-53-51-49-47-45-26-24-22-20-18-16-14-12-10-8-6-4-2/h5,7,11,13,17,19,23,25,28-29,31-32,34-35,37-38,40-41,57,59,65,67,71-73,75-78,80-81,83-85H,3-4,6,8-10,12,14-16,18,20-22,24,26-27,30,33,36,39,42-56,58,60-64,66,68-70H2,1-2H3,(H,79,82)/b7-5-,13-11-,19-17-,25-23-,29-28-,32-31-,35-34-,38-37-,41-40-,59-57+,67-65+. The van der Waals surface area contributed by atoms with Crippen molar-refractivity contribution < 1.29 is 39.8 Å². The number of unbranched alkanes of at least 4 members (excludes halogenated alkanes) is 31. The fourth-order valence-electron chi connectivity index (χ4n) is 10.6. The third-order valence-corrected chi connectivity index (χ3v) is 16.2. The van der Waals surface area contributed by atoms with Crippen molar-refractivity contribution in [1.29, 1.82) is 0 Å². The van der Waals surface area contributed by atoms with Crippen LogP contribution in [-0.4, -0.2) is 87.5 Å². The van der Waals surface area contributed by atoms with Gasteiger partial charge in [-0.1, -0.05) is 321 Å². The second-order valence-corrected chi connectivity index (χ2v) is 24.3. The normalized spacial score (nSPS) is 18.8. The minimum Gasteiger partial charge on any atom is -0.394 e. The van der Waals surface area contributed by atoms with Crippen molar-refractivity contribution in [3.63, 3.8) is 0 Å². The van der Waals surface area contributed by atoms with E-state index in [9.17, 15) is 30.3 Å². The zero-order chi connectivity index (χ0) is 62.8. The Kier molecular flexibility index (Phi) is 61.0. The van der Waals surface area contributed by atoms with Gasteiger partial charge in [0.05, 0.1) is 25.4 Å². The SMILES string of the molecule is CC/C=C\C/C=C\C/C=C\C/C=C\C/C=C\C/C=C\C/C=C\C/C=C\C/C=C\CCCCCCCCCCCCCCCC(=O)NC(COC1OC(CO)C(O)C(O)C1O)C(O)/C=C/CC/C=C/CCCCCCCCCCCCCCCCCCC. The molecule has 0 aromatic carbocycles. The monoisotopic (exact) mass is 1210 g/mol. The molecule has 0 aromatic heterocycles. The van der Waals surface area contributed by atoms with E-state index in [-0.39, 0.29) is 12.5 Å². The quantitative estimate of drug-likeness (QED) is 0.0261. The number of carbonyl (C=O) groups excluding carboxylic acids is 1. The topological polar surface area (TPSA) is 149 Å². The van der Waals surface area contributed by atoms with Gasteiger partial charge in [0.2, 0.25) is 5.91 Å². The fourth-order valence-corrected chi connectivity index (χ4v) is 10.6. The number of hydrogen-bond acceptors (Lipinski definition) is 8. The lowest BCUT2D eigenvalue weighted by molar-refractivity contribution is -0.302. The Labute approximate surface area is 534 Å². The highest BCUT2D eigenvalue weighted by atomic mass is 16.7. The van der Waals surface area contributed by atoms with Crippen molar-refractivity contribution in [2.45, 2.75) is 339 Å². The van der Waals surface area contributed by atoms with Crippen LogP contribution in [0.25, 0.3) is 0 Å². The average molecular weight is 1210 g/mol. The Morgan fingerprint density at radius 2 is 0.724 bits per heavy atom. The molecule has 1 saturated heterocycles. The van der Waals surface area contributed by atoms with Gasteiger partial charge < -0.3 is 40.3 Å². The van der Waals surface area contributed by atoms with Crippen LogP contribution in [0.1, 0.15) is 296 Å². The van der Waals surface area contributed by atoms with Gasteiger partial charge in [0, 0.05) is 6.42 Å². The fraction of sp³-hybridized carbons (Fsp3) is 0.705. The number of aliphatic hydroxyl groups excluding tert-OH is 5. The number of ether oxygens (including phenoxy) is 2. The number of aliphatic hydroxyl groups is 5. The first-order valence-corrected chi connectivity index (χ1v) is 35.9. The van der Waals surface area contributed by atoms with Crippen LogP contribution in [0.4, 0.5) is 0 Å². The highest BCUT2D eigenvalue weighted by Gasteiger charge is 2.44. The highest BCUT2D eigenvalue weighted by Crippen LogP contribution is 2.23. The molecule has 1 fully saturated rings. The molecule has 1 aliphatic rings. The largest absolute Gasteiger partial charge is 0.394 e. The molecule has 9 nitrogen and oxygen atoms in total. The molecular formula is C78H133NO8. The lowest BCUT2D eigenvalue weighted by Crippen LogP contribution is -2.60. The van der Waals surface area contributed by atoms with E-state index in [4.69, 9.17) is 9.47 Å². The lowest BCUT2D eigenvalue weighted by Gasteiger charge is -2.40. The second kappa shape index (κ2) is 65.3. The average Bonchev–Trinajstić information content (AvgIpc) is 3.47. The van der Waals surface area contributed by atoms with Gasteiger partial charge >= 0.3 is 0 Å². The van der Waals surface area contributed by atoms with Crippen LogP contribution < -0.4 is 5.32 Å². The van der Waals surface area contributed by atoms with Crippen molar-refractivity contribution >= 4 is 5.91 Å². The number of nitrogens with one attached hydrogen (secondary N) is 1. The summed E-state index contributed by atoms with van der Waals surface area (Å²) in [7, 11) is 0. The zero-order valence-corrected chi connectivity index (χ0v) is 55.7. The number of allylic oxidation sites excluding steroid dienone is 21. The minimum absolute atomic E-state index is 0.190. The van der Waals surface area contributed by atoms with Crippen LogP contribution in [0, 0.1) is 0 Å². The number of carbonyl (C=O) groups is 1. The zero-order valence-electron chi connectivity index (χ0n) is 55.7. The number of rotatable bonds is 61. The molecule has 6 N–H and O–H groups in total. The third-order valence-electron chi connectivity index (χ3n) is 16.2. The molecule has 1 aliphatic heterocycles. The molecule has 1 amide bonds. The Morgan fingerprint density at radius 1 is 0.402 bits per heavy atom. The van der Waals surface area contributed by atoms with Crippen LogP contribution in [0.3, 0.4) is 0 Å². The van der Waals surface area contributed by atoms with E-state index in [1.807, 2.05) is 6.08 Å². The van der Waals surface area contributed by atoms with Crippen molar-refractivity contribution in [2.75, 3.05) is 13.2 Å². The Hall–Kier alpha value is -3.67. The predicted octanol–water partition coefficient (Wildman–Crippen LogP) is 20.0.